The molecule has 0 fully saturated rings. The van der Waals surface area contributed by atoms with Crippen LogP contribution in [0.5, 0.6) is 0 Å². The van der Waals surface area contributed by atoms with Crippen LogP contribution >= 0.6 is 0 Å². The highest BCUT2D eigenvalue weighted by molar-refractivity contribution is 5.97. The van der Waals surface area contributed by atoms with Gasteiger partial charge in [0.1, 0.15) is 0 Å². The van der Waals surface area contributed by atoms with E-state index in [1.165, 1.54) is 157 Å². The third kappa shape index (κ3) is 5.15. The Bertz CT molecular complexity index is 1960. The van der Waals surface area contributed by atoms with Crippen LogP contribution < -0.4 is 0 Å². The number of benzene rings is 5. The monoisotopic (exact) mass is 656 g/mol. The standard InChI is InChI=1S/C50H56/c1-5-7-9-11-13-19-29-49(30-20-14-12-10-8-6-2)45-31-35(3)25-27-39(45)41-34-48-42(33-46(41)49)40-28-26-36(4)32-47(40)50(48)43-23-17-15-21-37(43)38-22-16-18-24-44(38)50/h15-18,21-28,31-34H,5-14,19-20,29-30H2,1-4H3. The summed E-state index contributed by atoms with van der Waals surface area (Å²) in [5.74, 6) is 0. The number of rotatable bonds is 14. The lowest BCUT2D eigenvalue weighted by atomic mass is 9.68. The summed E-state index contributed by atoms with van der Waals surface area (Å²) in [7, 11) is 0. The fourth-order valence-corrected chi connectivity index (χ4v) is 10.4. The zero-order valence-electron chi connectivity index (χ0n) is 31.1. The number of unbranched alkanes of at least 4 members (excludes halogenated alkanes) is 10. The van der Waals surface area contributed by atoms with Gasteiger partial charge in [0.15, 0.2) is 0 Å². The van der Waals surface area contributed by atoms with Gasteiger partial charge in [-0.1, -0.05) is 187 Å². The predicted molar refractivity (Wildman–Crippen MR) is 214 cm³/mol. The van der Waals surface area contributed by atoms with Gasteiger partial charge in [-0.25, -0.2) is 0 Å². The Morgan fingerprint density at radius 3 is 1.34 bits per heavy atom. The number of aryl methyl sites for hydroxylation is 2. The minimum atomic E-state index is -0.298. The summed E-state index contributed by atoms with van der Waals surface area (Å²) >= 11 is 0. The minimum Gasteiger partial charge on any atom is -0.0654 e. The molecule has 1 spiro atoms. The largest absolute Gasteiger partial charge is 0.0725 e. The molecule has 3 aliphatic rings. The Morgan fingerprint density at radius 1 is 0.360 bits per heavy atom. The molecule has 0 bridgehead atoms. The molecule has 0 unspecified atom stereocenters. The van der Waals surface area contributed by atoms with Gasteiger partial charge >= 0.3 is 0 Å². The van der Waals surface area contributed by atoms with Crippen molar-refractivity contribution >= 4 is 0 Å². The summed E-state index contributed by atoms with van der Waals surface area (Å²) in [5.41, 5.74) is 20.2. The predicted octanol–water partition coefficient (Wildman–Crippen LogP) is 14.4. The zero-order valence-corrected chi connectivity index (χ0v) is 31.1. The van der Waals surface area contributed by atoms with Crippen molar-refractivity contribution in [1.82, 2.24) is 0 Å². The first-order valence-electron chi connectivity index (χ1n) is 20.2. The van der Waals surface area contributed by atoms with E-state index in [0.717, 1.165) is 0 Å². The third-order valence-electron chi connectivity index (χ3n) is 12.8. The van der Waals surface area contributed by atoms with Gasteiger partial charge in [-0.2, -0.15) is 0 Å². The van der Waals surface area contributed by atoms with Gasteiger partial charge in [-0.3, -0.25) is 0 Å². The topological polar surface area (TPSA) is 0 Å². The molecule has 0 aromatic heterocycles. The highest BCUT2D eigenvalue weighted by atomic mass is 14.5. The van der Waals surface area contributed by atoms with E-state index in [0.29, 0.717) is 0 Å². The van der Waals surface area contributed by atoms with E-state index < -0.39 is 0 Å². The maximum Gasteiger partial charge on any atom is 0.0725 e. The van der Waals surface area contributed by atoms with E-state index in [4.69, 9.17) is 0 Å². The first-order valence-corrected chi connectivity index (χ1v) is 20.2. The molecule has 0 amide bonds. The van der Waals surface area contributed by atoms with Crippen molar-refractivity contribution in [3.63, 3.8) is 0 Å². The summed E-state index contributed by atoms with van der Waals surface area (Å²) in [6.45, 7) is 9.24. The molecule has 256 valence electrons. The van der Waals surface area contributed by atoms with Gasteiger partial charge in [0.25, 0.3) is 0 Å². The van der Waals surface area contributed by atoms with Crippen molar-refractivity contribution in [2.45, 2.75) is 128 Å². The fourth-order valence-electron chi connectivity index (χ4n) is 10.4. The van der Waals surface area contributed by atoms with E-state index in [1.807, 2.05) is 0 Å². The Balaban J connectivity index is 1.33. The van der Waals surface area contributed by atoms with Crippen molar-refractivity contribution < 1.29 is 0 Å². The van der Waals surface area contributed by atoms with Gasteiger partial charge in [-0.05, 0) is 106 Å². The minimum absolute atomic E-state index is 0.0767. The second kappa shape index (κ2) is 13.7. The van der Waals surface area contributed by atoms with Crippen molar-refractivity contribution in [3.8, 4) is 33.4 Å². The van der Waals surface area contributed by atoms with Gasteiger partial charge in [0.05, 0.1) is 5.41 Å². The Morgan fingerprint density at radius 2 is 0.760 bits per heavy atom. The molecule has 5 aromatic rings. The van der Waals surface area contributed by atoms with E-state index in [2.05, 4.69) is 125 Å². The molecular formula is C50H56. The first kappa shape index (κ1) is 33.3. The molecule has 50 heavy (non-hydrogen) atoms. The van der Waals surface area contributed by atoms with Crippen LogP contribution in [0.2, 0.25) is 0 Å². The average Bonchev–Trinajstić information content (AvgIpc) is 3.69. The zero-order chi connectivity index (χ0) is 34.3. The number of hydrogen-bond acceptors (Lipinski definition) is 0. The van der Waals surface area contributed by atoms with Crippen LogP contribution in [0, 0.1) is 13.8 Å². The van der Waals surface area contributed by atoms with Gasteiger partial charge in [-0.15, -0.1) is 0 Å². The van der Waals surface area contributed by atoms with E-state index in [-0.39, 0.29) is 10.8 Å². The quantitative estimate of drug-likeness (QED) is 0.102. The normalized spacial score (nSPS) is 15.0. The second-order valence-corrected chi connectivity index (χ2v) is 16.0. The maximum atomic E-state index is 2.72. The van der Waals surface area contributed by atoms with Crippen molar-refractivity contribution in [2.24, 2.45) is 0 Å². The molecule has 0 heterocycles. The van der Waals surface area contributed by atoms with E-state index in [9.17, 15) is 0 Å². The molecule has 8 rings (SSSR count). The summed E-state index contributed by atoms with van der Waals surface area (Å²) in [6.07, 6.45) is 18.7. The summed E-state index contributed by atoms with van der Waals surface area (Å²) < 4.78 is 0. The second-order valence-electron chi connectivity index (χ2n) is 16.0. The highest BCUT2D eigenvalue weighted by Gasteiger charge is 2.53. The van der Waals surface area contributed by atoms with Gasteiger partial charge < -0.3 is 0 Å². The van der Waals surface area contributed by atoms with Crippen molar-refractivity contribution in [1.29, 1.82) is 0 Å². The van der Waals surface area contributed by atoms with Crippen LogP contribution in [0.1, 0.15) is 148 Å². The average molecular weight is 657 g/mol. The fraction of sp³-hybridized carbons (Fsp3) is 0.400. The Labute approximate surface area is 302 Å². The lowest BCUT2D eigenvalue weighted by molar-refractivity contribution is 0.397. The summed E-state index contributed by atoms with van der Waals surface area (Å²) in [4.78, 5) is 0. The van der Waals surface area contributed by atoms with Crippen LogP contribution in [0.15, 0.2) is 97.1 Å². The Hall–Kier alpha value is -3.90. The van der Waals surface area contributed by atoms with Crippen LogP contribution in [0.4, 0.5) is 0 Å². The number of fused-ring (bicyclic) bond motifs is 13. The SMILES string of the molecule is CCCCCCCCC1(CCCCCCCC)c2cc(C)ccc2-c2cc3c(cc21)-c1ccc(C)cc1C31c2ccccc2-c2ccccc21. The smallest absolute Gasteiger partial charge is 0.0654 e. The summed E-state index contributed by atoms with van der Waals surface area (Å²) in [5, 5.41) is 0. The molecule has 0 atom stereocenters. The molecule has 0 saturated carbocycles. The van der Waals surface area contributed by atoms with Crippen LogP contribution in [0.25, 0.3) is 33.4 Å². The molecular weight excluding hydrogens is 601 g/mol. The molecule has 0 heteroatoms. The van der Waals surface area contributed by atoms with E-state index in [1.54, 1.807) is 11.1 Å². The molecule has 0 nitrogen and oxygen atoms in total. The molecule has 0 radical (unpaired) electrons. The molecule has 5 aromatic carbocycles. The molecule has 0 saturated heterocycles. The van der Waals surface area contributed by atoms with Crippen molar-refractivity contribution in [3.05, 3.63) is 142 Å². The van der Waals surface area contributed by atoms with Crippen LogP contribution in [-0.4, -0.2) is 0 Å². The van der Waals surface area contributed by atoms with Crippen LogP contribution in [-0.2, 0) is 10.8 Å². The first-order chi connectivity index (χ1) is 24.5. The molecule has 0 aliphatic heterocycles. The third-order valence-corrected chi connectivity index (χ3v) is 12.8. The number of hydrogen-bond donors (Lipinski definition) is 0. The van der Waals surface area contributed by atoms with Crippen LogP contribution in [0.3, 0.4) is 0 Å². The highest BCUT2D eigenvalue weighted by Crippen LogP contribution is 2.65. The molecule has 3 aliphatic carbocycles. The lowest BCUT2D eigenvalue weighted by Gasteiger charge is -2.34. The summed E-state index contributed by atoms with van der Waals surface area (Å²) in [6, 6.07) is 38.7. The van der Waals surface area contributed by atoms with Gasteiger partial charge in [0, 0.05) is 5.41 Å². The maximum absolute atomic E-state index is 2.72. The van der Waals surface area contributed by atoms with E-state index >= 15 is 0 Å². The molecule has 0 N–H and O–H groups in total. The lowest BCUT2D eigenvalue weighted by Crippen LogP contribution is -2.27. The van der Waals surface area contributed by atoms with Crippen molar-refractivity contribution in [2.75, 3.05) is 0 Å². The Kier molecular flexibility index (Phi) is 9.09. The van der Waals surface area contributed by atoms with Gasteiger partial charge in [0.2, 0.25) is 0 Å².